The van der Waals surface area contributed by atoms with E-state index in [0.29, 0.717) is 16.4 Å². The fourth-order valence-electron chi connectivity index (χ4n) is 2.04. The van der Waals surface area contributed by atoms with Gasteiger partial charge in [-0.25, -0.2) is 8.42 Å². The summed E-state index contributed by atoms with van der Waals surface area (Å²) in [6.07, 6.45) is 1.06. The Kier molecular flexibility index (Phi) is 5.28. The van der Waals surface area contributed by atoms with Crippen LogP contribution in [0.5, 0.6) is 0 Å². The van der Waals surface area contributed by atoms with Crippen molar-refractivity contribution < 1.29 is 13.2 Å². The maximum Gasteiger partial charge on any atom is 0.245 e. The fraction of sp³-hybridized carbons (Fsp3) is 0.188. The Balaban J connectivity index is 2.20. The molecule has 23 heavy (non-hydrogen) atoms. The molecule has 0 spiro atoms. The van der Waals surface area contributed by atoms with E-state index >= 15 is 0 Å². The normalized spacial score (nSPS) is 11.1. The molecule has 0 aliphatic rings. The second-order valence-electron chi connectivity index (χ2n) is 5.11. The van der Waals surface area contributed by atoms with Crippen molar-refractivity contribution in [3.8, 4) is 0 Å². The Hall–Kier alpha value is -2.05. The van der Waals surface area contributed by atoms with Crippen molar-refractivity contribution >= 4 is 38.9 Å². The van der Waals surface area contributed by atoms with E-state index in [-0.39, 0.29) is 6.54 Å². The highest BCUT2D eigenvalue weighted by molar-refractivity contribution is 7.92. The SMILES string of the molecule is Cc1ccccc1NC(=O)CN(c1ccc(Cl)cc1)S(C)(=O)=O. The number of carbonyl (C=O) groups is 1. The summed E-state index contributed by atoms with van der Waals surface area (Å²) in [7, 11) is -3.60. The van der Waals surface area contributed by atoms with Crippen LogP contribution in [0, 0.1) is 6.92 Å². The number of hydrogen-bond acceptors (Lipinski definition) is 3. The van der Waals surface area contributed by atoms with Gasteiger partial charge >= 0.3 is 0 Å². The second-order valence-corrected chi connectivity index (χ2v) is 7.45. The minimum absolute atomic E-state index is 0.311. The van der Waals surface area contributed by atoms with Crippen molar-refractivity contribution in [2.75, 3.05) is 22.4 Å². The first-order valence-electron chi connectivity index (χ1n) is 6.86. The average Bonchev–Trinajstić information content (AvgIpc) is 2.47. The van der Waals surface area contributed by atoms with Gasteiger partial charge in [0.1, 0.15) is 6.54 Å². The summed E-state index contributed by atoms with van der Waals surface area (Å²) in [5.74, 6) is -0.417. The van der Waals surface area contributed by atoms with Crippen LogP contribution in [0.2, 0.25) is 5.02 Å². The van der Waals surface area contributed by atoms with Crippen LogP contribution in [0.1, 0.15) is 5.56 Å². The summed E-state index contributed by atoms with van der Waals surface area (Å²) in [4.78, 5) is 12.2. The highest BCUT2D eigenvalue weighted by atomic mass is 35.5. The number of aryl methyl sites for hydroxylation is 1. The van der Waals surface area contributed by atoms with Gasteiger partial charge in [-0.05, 0) is 42.8 Å². The number of anilines is 2. The molecule has 1 N–H and O–H groups in total. The van der Waals surface area contributed by atoms with E-state index in [2.05, 4.69) is 5.32 Å². The molecule has 0 atom stereocenters. The number of carbonyl (C=O) groups excluding carboxylic acids is 1. The zero-order chi connectivity index (χ0) is 17.0. The van der Waals surface area contributed by atoms with Gasteiger partial charge in [-0.2, -0.15) is 0 Å². The number of halogens is 1. The van der Waals surface area contributed by atoms with Gasteiger partial charge in [0, 0.05) is 10.7 Å². The Labute approximate surface area is 140 Å². The first-order chi connectivity index (χ1) is 10.8. The zero-order valence-corrected chi connectivity index (χ0v) is 14.4. The van der Waals surface area contributed by atoms with E-state index < -0.39 is 15.9 Å². The van der Waals surface area contributed by atoms with Crippen LogP contribution in [-0.2, 0) is 14.8 Å². The van der Waals surface area contributed by atoms with Crippen molar-refractivity contribution in [1.82, 2.24) is 0 Å². The molecule has 0 saturated carbocycles. The highest BCUT2D eigenvalue weighted by Crippen LogP contribution is 2.21. The topological polar surface area (TPSA) is 66.5 Å². The summed E-state index contributed by atoms with van der Waals surface area (Å²) in [5, 5.41) is 3.21. The molecule has 0 heterocycles. The van der Waals surface area contributed by atoms with Crippen LogP contribution >= 0.6 is 11.6 Å². The minimum atomic E-state index is -3.60. The quantitative estimate of drug-likeness (QED) is 0.899. The molecule has 2 aromatic carbocycles. The van der Waals surface area contributed by atoms with E-state index in [4.69, 9.17) is 11.6 Å². The van der Waals surface area contributed by atoms with E-state index in [0.717, 1.165) is 16.1 Å². The number of hydrogen-bond donors (Lipinski definition) is 1. The second kappa shape index (κ2) is 7.02. The Bertz CT molecular complexity index is 804. The number of nitrogens with one attached hydrogen (secondary N) is 1. The van der Waals surface area contributed by atoms with Crippen LogP contribution in [0.25, 0.3) is 0 Å². The lowest BCUT2D eigenvalue weighted by Gasteiger charge is -2.22. The van der Waals surface area contributed by atoms with Gasteiger partial charge in [-0.15, -0.1) is 0 Å². The lowest BCUT2D eigenvalue weighted by molar-refractivity contribution is -0.114. The fourth-order valence-corrected chi connectivity index (χ4v) is 3.02. The highest BCUT2D eigenvalue weighted by Gasteiger charge is 2.21. The van der Waals surface area contributed by atoms with E-state index in [1.807, 2.05) is 19.1 Å². The molecule has 5 nitrogen and oxygen atoms in total. The molecule has 0 fully saturated rings. The van der Waals surface area contributed by atoms with Crippen LogP contribution in [0.4, 0.5) is 11.4 Å². The number of amides is 1. The molecular weight excluding hydrogens is 336 g/mol. The predicted octanol–water partition coefficient (Wildman–Crippen LogP) is 3.05. The monoisotopic (exact) mass is 352 g/mol. The van der Waals surface area contributed by atoms with Crippen molar-refractivity contribution in [3.63, 3.8) is 0 Å². The third kappa shape index (κ3) is 4.71. The number of rotatable bonds is 5. The number of para-hydroxylation sites is 1. The molecule has 0 aromatic heterocycles. The Morgan fingerprint density at radius 3 is 2.30 bits per heavy atom. The largest absolute Gasteiger partial charge is 0.324 e. The maximum absolute atomic E-state index is 12.2. The molecule has 0 aliphatic carbocycles. The van der Waals surface area contributed by atoms with Gasteiger partial charge in [-0.1, -0.05) is 29.8 Å². The van der Waals surface area contributed by atoms with E-state index in [1.165, 1.54) is 0 Å². The molecular formula is C16H17ClN2O3S. The standard InChI is InChI=1S/C16H17ClN2O3S/c1-12-5-3-4-6-15(12)18-16(20)11-19(23(2,21)22)14-9-7-13(17)8-10-14/h3-10H,11H2,1-2H3,(H,18,20). The van der Waals surface area contributed by atoms with Gasteiger partial charge in [0.25, 0.3) is 0 Å². The molecule has 7 heteroatoms. The van der Waals surface area contributed by atoms with E-state index in [9.17, 15) is 13.2 Å². The molecule has 0 saturated heterocycles. The number of sulfonamides is 1. The zero-order valence-electron chi connectivity index (χ0n) is 12.8. The third-order valence-electron chi connectivity index (χ3n) is 3.22. The van der Waals surface area contributed by atoms with Gasteiger partial charge in [0.05, 0.1) is 11.9 Å². The predicted molar refractivity (Wildman–Crippen MR) is 93.5 cm³/mol. The van der Waals surface area contributed by atoms with Gasteiger partial charge < -0.3 is 5.32 Å². The van der Waals surface area contributed by atoms with Crippen molar-refractivity contribution in [3.05, 3.63) is 59.1 Å². The Morgan fingerprint density at radius 1 is 1.13 bits per heavy atom. The molecule has 2 aromatic rings. The number of benzene rings is 2. The van der Waals surface area contributed by atoms with Crippen LogP contribution in [0.3, 0.4) is 0 Å². The lowest BCUT2D eigenvalue weighted by Crippen LogP contribution is -2.37. The molecule has 0 bridgehead atoms. The first-order valence-corrected chi connectivity index (χ1v) is 9.09. The molecule has 1 amide bonds. The minimum Gasteiger partial charge on any atom is -0.324 e. The summed E-state index contributed by atoms with van der Waals surface area (Å²) in [6.45, 7) is 1.55. The summed E-state index contributed by atoms with van der Waals surface area (Å²) >= 11 is 5.81. The average molecular weight is 353 g/mol. The van der Waals surface area contributed by atoms with Crippen LogP contribution in [-0.4, -0.2) is 27.1 Å². The first kappa shape index (κ1) is 17.3. The van der Waals surface area contributed by atoms with Crippen molar-refractivity contribution in [1.29, 1.82) is 0 Å². The molecule has 2 rings (SSSR count). The molecule has 122 valence electrons. The molecule has 0 aliphatic heterocycles. The molecule has 0 radical (unpaired) electrons. The summed E-state index contributed by atoms with van der Waals surface area (Å²) in [6, 6.07) is 13.6. The van der Waals surface area contributed by atoms with Gasteiger partial charge in [0.15, 0.2) is 0 Å². The maximum atomic E-state index is 12.2. The van der Waals surface area contributed by atoms with Crippen LogP contribution < -0.4 is 9.62 Å². The molecule has 0 unspecified atom stereocenters. The third-order valence-corrected chi connectivity index (χ3v) is 4.61. The van der Waals surface area contributed by atoms with Crippen molar-refractivity contribution in [2.24, 2.45) is 0 Å². The smallest absolute Gasteiger partial charge is 0.245 e. The lowest BCUT2D eigenvalue weighted by atomic mass is 10.2. The van der Waals surface area contributed by atoms with Crippen LogP contribution in [0.15, 0.2) is 48.5 Å². The summed E-state index contributed by atoms with van der Waals surface area (Å²) in [5.41, 5.74) is 1.94. The number of nitrogens with zero attached hydrogens (tertiary/aromatic N) is 1. The van der Waals surface area contributed by atoms with Gasteiger partial charge in [0.2, 0.25) is 15.9 Å². The van der Waals surface area contributed by atoms with Gasteiger partial charge in [-0.3, -0.25) is 9.10 Å². The van der Waals surface area contributed by atoms with Crippen molar-refractivity contribution in [2.45, 2.75) is 6.92 Å². The Morgan fingerprint density at radius 2 is 1.74 bits per heavy atom. The summed E-state index contributed by atoms with van der Waals surface area (Å²) < 4.78 is 25.0. The van der Waals surface area contributed by atoms with E-state index in [1.54, 1.807) is 36.4 Å².